The molecule has 0 amide bonds. The molecule has 0 spiro atoms. The van der Waals surface area contributed by atoms with Crippen LogP contribution in [-0.4, -0.2) is 12.3 Å². The van der Waals surface area contributed by atoms with Gasteiger partial charge in [-0.2, -0.15) is 0 Å². The Labute approximate surface area is 100 Å². The second kappa shape index (κ2) is 4.59. The number of hydrogen-bond donors (Lipinski definition) is 1. The molecule has 90 valence electrons. The highest BCUT2D eigenvalue weighted by molar-refractivity contribution is 5.64. The summed E-state index contributed by atoms with van der Waals surface area (Å²) in [4.78, 5) is 0. The summed E-state index contributed by atoms with van der Waals surface area (Å²) in [7, 11) is 1.66. The molecule has 2 aromatic rings. The molecule has 2 N–H and O–H groups in total. The Kier molecular flexibility index (Phi) is 3.15. The number of ether oxygens (including phenoxy) is 1. The molecule has 2 rings (SSSR count). The molecule has 0 bridgehead atoms. The van der Waals surface area contributed by atoms with Crippen LogP contribution in [0.1, 0.15) is 16.8 Å². The van der Waals surface area contributed by atoms with Gasteiger partial charge in [0.15, 0.2) is 5.76 Å². The number of nitrogens with two attached hydrogens (primary N) is 1. The number of nitrogens with zero attached hydrogens (tertiary/aromatic N) is 1. The van der Waals surface area contributed by atoms with Crippen molar-refractivity contribution in [2.75, 3.05) is 7.11 Å². The molecule has 0 aliphatic rings. The van der Waals surface area contributed by atoms with Gasteiger partial charge in [0.2, 0.25) is 0 Å². The van der Waals surface area contributed by atoms with E-state index in [1.165, 1.54) is 0 Å². The molecule has 0 saturated carbocycles. The van der Waals surface area contributed by atoms with Crippen LogP contribution < -0.4 is 10.5 Å². The summed E-state index contributed by atoms with van der Waals surface area (Å²) in [6.45, 7) is 4.31. The van der Waals surface area contributed by atoms with E-state index in [0.717, 1.165) is 33.9 Å². The van der Waals surface area contributed by atoms with Gasteiger partial charge in [0.25, 0.3) is 0 Å². The predicted molar refractivity (Wildman–Crippen MR) is 65.9 cm³/mol. The van der Waals surface area contributed by atoms with Crippen molar-refractivity contribution in [3.63, 3.8) is 0 Å². The lowest BCUT2D eigenvalue weighted by Crippen LogP contribution is -1.98. The molecule has 1 aromatic heterocycles. The van der Waals surface area contributed by atoms with Crippen molar-refractivity contribution in [2.45, 2.75) is 20.4 Å². The van der Waals surface area contributed by atoms with E-state index >= 15 is 0 Å². The van der Waals surface area contributed by atoms with Crippen molar-refractivity contribution in [3.05, 3.63) is 35.0 Å². The Morgan fingerprint density at radius 3 is 2.71 bits per heavy atom. The van der Waals surface area contributed by atoms with Crippen LogP contribution in [0.2, 0.25) is 0 Å². The fourth-order valence-electron chi connectivity index (χ4n) is 1.88. The Morgan fingerprint density at radius 1 is 1.35 bits per heavy atom. The number of aromatic nitrogens is 1. The van der Waals surface area contributed by atoms with Crippen LogP contribution in [0, 0.1) is 13.8 Å². The molecule has 0 atom stereocenters. The molecular formula is C13H16N2O2. The fourth-order valence-corrected chi connectivity index (χ4v) is 1.88. The van der Waals surface area contributed by atoms with Gasteiger partial charge in [-0.3, -0.25) is 0 Å². The molecule has 0 fully saturated rings. The van der Waals surface area contributed by atoms with Crippen molar-refractivity contribution >= 4 is 0 Å². The molecular weight excluding hydrogens is 216 g/mol. The van der Waals surface area contributed by atoms with E-state index in [0.29, 0.717) is 6.54 Å². The van der Waals surface area contributed by atoms with Gasteiger partial charge in [-0.1, -0.05) is 5.16 Å². The van der Waals surface area contributed by atoms with E-state index in [9.17, 15) is 0 Å². The minimum Gasteiger partial charge on any atom is -0.496 e. The molecule has 0 aliphatic heterocycles. The highest BCUT2D eigenvalue weighted by Gasteiger charge is 2.14. The molecule has 17 heavy (non-hydrogen) atoms. The van der Waals surface area contributed by atoms with Gasteiger partial charge in [-0.05, 0) is 37.6 Å². The molecule has 4 heteroatoms. The number of benzene rings is 1. The minimum atomic E-state index is 0.426. The van der Waals surface area contributed by atoms with Crippen molar-refractivity contribution in [1.29, 1.82) is 0 Å². The topological polar surface area (TPSA) is 61.3 Å². The second-order valence-corrected chi connectivity index (χ2v) is 3.96. The minimum absolute atomic E-state index is 0.426. The zero-order valence-electron chi connectivity index (χ0n) is 10.3. The van der Waals surface area contributed by atoms with Gasteiger partial charge in [0.1, 0.15) is 5.75 Å². The van der Waals surface area contributed by atoms with Crippen LogP contribution in [-0.2, 0) is 6.54 Å². The van der Waals surface area contributed by atoms with Gasteiger partial charge in [-0.25, -0.2) is 0 Å². The average molecular weight is 232 g/mol. The maximum absolute atomic E-state index is 5.70. The molecule has 0 unspecified atom stereocenters. The maximum Gasteiger partial charge on any atom is 0.171 e. The Bertz CT molecular complexity index is 532. The summed E-state index contributed by atoms with van der Waals surface area (Å²) < 4.78 is 10.6. The molecule has 0 aliphatic carbocycles. The van der Waals surface area contributed by atoms with E-state index < -0.39 is 0 Å². The lowest BCUT2D eigenvalue weighted by molar-refractivity contribution is 0.411. The summed E-state index contributed by atoms with van der Waals surface area (Å²) in [5, 5.41) is 3.95. The first-order chi connectivity index (χ1) is 8.17. The van der Waals surface area contributed by atoms with Crippen LogP contribution in [0.15, 0.2) is 22.7 Å². The van der Waals surface area contributed by atoms with Gasteiger partial charge < -0.3 is 15.0 Å². The van der Waals surface area contributed by atoms with Gasteiger partial charge in [0.05, 0.1) is 12.8 Å². The highest BCUT2D eigenvalue weighted by atomic mass is 16.5. The first-order valence-corrected chi connectivity index (χ1v) is 5.47. The molecule has 0 radical (unpaired) electrons. The fraction of sp³-hybridized carbons (Fsp3) is 0.308. The summed E-state index contributed by atoms with van der Waals surface area (Å²) in [6, 6.07) is 5.88. The number of rotatable bonds is 3. The average Bonchev–Trinajstić information content (AvgIpc) is 2.70. The van der Waals surface area contributed by atoms with Crippen molar-refractivity contribution in [1.82, 2.24) is 5.16 Å². The lowest BCUT2D eigenvalue weighted by atomic mass is 10.0. The van der Waals surface area contributed by atoms with Crippen LogP contribution >= 0.6 is 0 Å². The maximum atomic E-state index is 5.70. The van der Waals surface area contributed by atoms with Gasteiger partial charge in [-0.15, -0.1) is 0 Å². The Morgan fingerprint density at radius 2 is 2.12 bits per heavy atom. The zero-order valence-corrected chi connectivity index (χ0v) is 10.3. The van der Waals surface area contributed by atoms with Crippen molar-refractivity contribution in [2.24, 2.45) is 5.73 Å². The highest BCUT2D eigenvalue weighted by Crippen LogP contribution is 2.29. The van der Waals surface area contributed by atoms with E-state index in [-0.39, 0.29) is 0 Å². The molecule has 4 nitrogen and oxygen atoms in total. The summed E-state index contributed by atoms with van der Waals surface area (Å²) in [5.41, 5.74) is 9.53. The van der Waals surface area contributed by atoms with Crippen LogP contribution in [0.5, 0.6) is 5.75 Å². The largest absolute Gasteiger partial charge is 0.496 e. The number of aryl methyl sites for hydroxylation is 2. The predicted octanol–water partition coefficient (Wildman–Crippen LogP) is 2.43. The van der Waals surface area contributed by atoms with E-state index in [1.807, 2.05) is 32.0 Å². The van der Waals surface area contributed by atoms with Crippen LogP contribution in [0.25, 0.3) is 11.3 Å². The smallest absolute Gasteiger partial charge is 0.171 e. The molecule has 1 heterocycles. The van der Waals surface area contributed by atoms with Crippen LogP contribution in [0.4, 0.5) is 0 Å². The van der Waals surface area contributed by atoms with E-state index in [1.54, 1.807) is 7.11 Å². The lowest BCUT2D eigenvalue weighted by Gasteiger charge is -2.06. The van der Waals surface area contributed by atoms with Crippen molar-refractivity contribution < 1.29 is 9.26 Å². The summed E-state index contributed by atoms with van der Waals surface area (Å²) >= 11 is 0. The first kappa shape index (κ1) is 11.7. The van der Waals surface area contributed by atoms with Gasteiger partial charge >= 0.3 is 0 Å². The Hall–Kier alpha value is -1.81. The Balaban J connectivity index is 2.49. The summed E-state index contributed by atoms with van der Waals surface area (Å²) in [5.74, 6) is 1.61. The SMILES string of the molecule is COc1ccc(-c2onc(C)c2CN)cc1C. The van der Waals surface area contributed by atoms with Crippen LogP contribution in [0.3, 0.4) is 0 Å². The number of methoxy groups -OCH3 is 1. The quantitative estimate of drug-likeness (QED) is 0.882. The third-order valence-electron chi connectivity index (χ3n) is 2.85. The zero-order chi connectivity index (χ0) is 12.4. The number of hydrogen-bond acceptors (Lipinski definition) is 4. The normalized spacial score (nSPS) is 10.6. The first-order valence-electron chi connectivity index (χ1n) is 5.47. The summed E-state index contributed by atoms with van der Waals surface area (Å²) in [6.07, 6.45) is 0. The van der Waals surface area contributed by atoms with Gasteiger partial charge in [0, 0.05) is 17.7 Å². The second-order valence-electron chi connectivity index (χ2n) is 3.96. The third-order valence-corrected chi connectivity index (χ3v) is 2.85. The molecule has 1 aromatic carbocycles. The standard InChI is InChI=1S/C13H16N2O2/c1-8-6-10(4-5-12(8)16-3)13-11(7-14)9(2)15-17-13/h4-6H,7,14H2,1-3H3. The monoisotopic (exact) mass is 232 g/mol. The van der Waals surface area contributed by atoms with Crippen molar-refractivity contribution in [3.8, 4) is 17.1 Å². The van der Waals surface area contributed by atoms with E-state index in [2.05, 4.69) is 5.16 Å². The third kappa shape index (κ3) is 2.03. The van der Waals surface area contributed by atoms with E-state index in [4.69, 9.17) is 15.0 Å². The molecule has 0 saturated heterocycles.